The molecule has 0 spiro atoms. The molecule has 0 saturated heterocycles. The summed E-state index contributed by atoms with van der Waals surface area (Å²) in [6.45, 7) is 1.46. The van der Waals surface area contributed by atoms with E-state index in [2.05, 4.69) is 5.32 Å². The van der Waals surface area contributed by atoms with Gasteiger partial charge in [0.2, 0.25) is 0 Å². The van der Waals surface area contributed by atoms with Crippen LogP contribution >= 0.6 is 11.6 Å². The average molecular weight is 335 g/mol. The third-order valence-electron chi connectivity index (χ3n) is 3.21. The average Bonchev–Trinajstić information content (AvgIpc) is 2.49. The first-order valence-electron chi connectivity index (χ1n) is 6.39. The molecular weight excluding hydrogens is 324 g/mol. The Morgan fingerprint density at radius 1 is 1.26 bits per heavy atom. The summed E-state index contributed by atoms with van der Waals surface area (Å²) in [4.78, 5) is 33.6. The Kier molecular flexibility index (Phi) is 4.61. The van der Waals surface area contributed by atoms with Crippen LogP contribution in [0, 0.1) is 17.0 Å². The zero-order chi connectivity index (χ0) is 17.1. The molecule has 2 rings (SSSR count). The molecule has 0 aliphatic carbocycles. The van der Waals surface area contributed by atoms with Crippen molar-refractivity contribution < 1.29 is 19.6 Å². The standard InChI is InChI=1S/C15H11ClN2O5/c1-8-10(3-2-4-13(8)18(22)23)14(19)17-12-7-9(15(20)21)5-6-11(12)16/h2-7H,1H3,(H,17,19)(H,20,21). The van der Waals surface area contributed by atoms with Gasteiger partial charge >= 0.3 is 5.97 Å². The van der Waals surface area contributed by atoms with Crippen molar-refractivity contribution in [1.82, 2.24) is 0 Å². The first-order valence-corrected chi connectivity index (χ1v) is 6.77. The number of halogens is 1. The van der Waals surface area contributed by atoms with Crippen molar-refractivity contribution in [2.24, 2.45) is 0 Å². The van der Waals surface area contributed by atoms with E-state index < -0.39 is 16.8 Å². The highest BCUT2D eigenvalue weighted by molar-refractivity contribution is 6.34. The quantitative estimate of drug-likeness (QED) is 0.656. The fourth-order valence-electron chi connectivity index (χ4n) is 2.01. The monoisotopic (exact) mass is 334 g/mol. The Bertz CT molecular complexity index is 820. The second-order valence-corrected chi connectivity index (χ2v) is 5.07. The molecule has 0 heterocycles. The summed E-state index contributed by atoms with van der Waals surface area (Å²) in [7, 11) is 0. The first-order chi connectivity index (χ1) is 10.8. The minimum absolute atomic E-state index is 0.0412. The summed E-state index contributed by atoms with van der Waals surface area (Å²) in [5.41, 5.74) is 0.211. The van der Waals surface area contributed by atoms with Gasteiger partial charge in [0.15, 0.2) is 0 Å². The summed E-state index contributed by atoms with van der Waals surface area (Å²) in [6.07, 6.45) is 0. The van der Waals surface area contributed by atoms with Crippen LogP contribution in [0.2, 0.25) is 5.02 Å². The number of hydrogen-bond acceptors (Lipinski definition) is 4. The molecule has 118 valence electrons. The van der Waals surface area contributed by atoms with Crippen LogP contribution in [-0.4, -0.2) is 21.9 Å². The molecule has 0 aromatic heterocycles. The summed E-state index contributed by atoms with van der Waals surface area (Å²) in [5, 5.41) is 22.5. The maximum Gasteiger partial charge on any atom is 0.335 e. The molecule has 2 N–H and O–H groups in total. The summed E-state index contributed by atoms with van der Waals surface area (Å²) in [6, 6.07) is 8.00. The second kappa shape index (κ2) is 6.45. The number of nitrogens with one attached hydrogen (secondary N) is 1. The van der Waals surface area contributed by atoms with E-state index in [9.17, 15) is 19.7 Å². The smallest absolute Gasteiger partial charge is 0.335 e. The number of nitro benzene ring substituents is 1. The molecule has 2 aromatic rings. The number of hydrogen-bond donors (Lipinski definition) is 2. The van der Waals surface area contributed by atoms with Crippen LogP contribution in [0.3, 0.4) is 0 Å². The van der Waals surface area contributed by atoms with Crippen LogP contribution in [0.1, 0.15) is 26.3 Å². The molecule has 0 aliphatic rings. The fourth-order valence-corrected chi connectivity index (χ4v) is 2.18. The van der Waals surface area contributed by atoms with Crippen LogP contribution < -0.4 is 5.32 Å². The zero-order valence-corrected chi connectivity index (χ0v) is 12.6. The lowest BCUT2D eigenvalue weighted by molar-refractivity contribution is -0.385. The van der Waals surface area contributed by atoms with Gasteiger partial charge in [-0.25, -0.2) is 4.79 Å². The molecule has 0 unspecified atom stereocenters. The van der Waals surface area contributed by atoms with Crippen LogP contribution in [0.4, 0.5) is 11.4 Å². The van der Waals surface area contributed by atoms with Crippen molar-refractivity contribution in [2.45, 2.75) is 6.92 Å². The van der Waals surface area contributed by atoms with E-state index in [0.717, 1.165) is 0 Å². The maximum absolute atomic E-state index is 12.3. The lowest BCUT2D eigenvalue weighted by atomic mass is 10.1. The molecule has 1 amide bonds. The highest BCUT2D eigenvalue weighted by atomic mass is 35.5. The zero-order valence-electron chi connectivity index (χ0n) is 11.9. The van der Waals surface area contributed by atoms with Crippen molar-refractivity contribution in [1.29, 1.82) is 0 Å². The number of benzene rings is 2. The van der Waals surface area contributed by atoms with Gasteiger partial charge in [-0.2, -0.15) is 0 Å². The van der Waals surface area contributed by atoms with Gasteiger partial charge in [0.25, 0.3) is 11.6 Å². The Morgan fingerprint density at radius 3 is 2.57 bits per heavy atom. The Balaban J connectivity index is 2.37. The summed E-state index contributed by atoms with van der Waals surface area (Å²) in [5.74, 6) is -1.78. The molecule has 0 radical (unpaired) electrons. The SMILES string of the molecule is Cc1c(C(=O)Nc2cc(C(=O)O)ccc2Cl)cccc1[N+](=O)[O-]. The van der Waals surface area contributed by atoms with Crippen LogP contribution in [0.25, 0.3) is 0 Å². The van der Waals surface area contributed by atoms with Crippen molar-refractivity contribution in [3.05, 3.63) is 68.2 Å². The Labute approximate surface area is 135 Å². The molecule has 0 fully saturated rings. The molecule has 0 bridgehead atoms. The fraction of sp³-hybridized carbons (Fsp3) is 0.0667. The number of nitrogens with zero attached hydrogens (tertiary/aromatic N) is 1. The van der Waals surface area contributed by atoms with E-state index in [-0.39, 0.29) is 33.1 Å². The number of carboxylic acid groups (broad SMARTS) is 1. The largest absolute Gasteiger partial charge is 0.478 e. The number of carbonyl (C=O) groups excluding carboxylic acids is 1. The number of nitro groups is 1. The number of carboxylic acids is 1. The minimum atomic E-state index is -1.16. The van der Waals surface area contributed by atoms with E-state index in [1.807, 2.05) is 0 Å². The van der Waals surface area contributed by atoms with E-state index in [4.69, 9.17) is 16.7 Å². The van der Waals surface area contributed by atoms with Gasteiger partial charge in [0.05, 0.1) is 21.2 Å². The molecule has 2 aromatic carbocycles. The molecule has 8 heteroatoms. The molecule has 0 saturated carbocycles. The van der Waals surface area contributed by atoms with E-state index in [0.29, 0.717) is 0 Å². The summed E-state index contributed by atoms with van der Waals surface area (Å²) < 4.78 is 0. The lowest BCUT2D eigenvalue weighted by Gasteiger charge is -2.10. The van der Waals surface area contributed by atoms with Crippen molar-refractivity contribution >= 4 is 34.9 Å². The number of anilines is 1. The highest BCUT2D eigenvalue weighted by Crippen LogP contribution is 2.26. The normalized spacial score (nSPS) is 10.2. The van der Waals surface area contributed by atoms with E-state index >= 15 is 0 Å². The van der Waals surface area contributed by atoms with Gasteiger partial charge in [-0.15, -0.1) is 0 Å². The number of aromatic carboxylic acids is 1. The predicted octanol–water partition coefficient (Wildman–Crippen LogP) is 3.51. The van der Waals surface area contributed by atoms with Gasteiger partial charge in [-0.1, -0.05) is 17.7 Å². The molecular formula is C15H11ClN2O5. The Morgan fingerprint density at radius 2 is 1.96 bits per heavy atom. The van der Waals surface area contributed by atoms with Crippen LogP contribution in [0.15, 0.2) is 36.4 Å². The molecule has 0 atom stereocenters. The molecule has 23 heavy (non-hydrogen) atoms. The van der Waals surface area contributed by atoms with Crippen molar-refractivity contribution in [2.75, 3.05) is 5.32 Å². The van der Waals surface area contributed by atoms with Crippen LogP contribution in [0.5, 0.6) is 0 Å². The van der Waals surface area contributed by atoms with Crippen molar-refractivity contribution in [3.63, 3.8) is 0 Å². The number of amides is 1. The molecule has 7 nitrogen and oxygen atoms in total. The van der Waals surface area contributed by atoms with Gasteiger partial charge in [-0.05, 0) is 31.2 Å². The van der Waals surface area contributed by atoms with Gasteiger partial charge in [0, 0.05) is 17.2 Å². The Hall–Kier alpha value is -2.93. The highest BCUT2D eigenvalue weighted by Gasteiger charge is 2.19. The van der Waals surface area contributed by atoms with Crippen molar-refractivity contribution in [3.8, 4) is 0 Å². The summed E-state index contributed by atoms with van der Waals surface area (Å²) >= 11 is 5.94. The van der Waals surface area contributed by atoms with E-state index in [1.165, 1.54) is 43.3 Å². The van der Waals surface area contributed by atoms with Gasteiger partial charge in [0.1, 0.15) is 0 Å². The van der Waals surface area contributed by atoms with E-state index in [1.54, 1.807) is 0 Å². The lowest BCUT2D eigenvalue weighted by Crippen LogP contribution is -2.15. The van der Waals surface area contributed by atoms with Crippen LogP contribution in [-0.2, 0) is 0 Å². The topological polar surface area (TPSA) is 110 Å². The second-order valence-electron chi connectivity index (χ2n) is 4.66. The van der Waals surface area contributed by atoms with Gasteiger partial charge < -0.3 is 10.4 Å². The first kappa shape index (κ1) is 16.4. The number of carbonyl (C=O) groups is 2. The predicted molar refractivity (Wildman–Crippen MR) is 84.2 cm³/mol. The minimum Gasteiger partial charge on any atom is -0.478 e. The van der Waals surface area contributed by atoms with Gasteiger partial charge in [-0.3, -0.25) is 14.9 Å². The number of rotatable bonds is 4. The third kappa shape index (κ3) is 3.46. The molecule has 0 aliphatic heterocycles. The maximum atomic E-state index is 12.3. The third-order valence-corrected chi connectivity index (χ3v) is 3.54.